The van der Waals surface area contributed by atoms with E-state index in [1.54, 1.807) is 17.4 Å². The van der Waals surface area contributed by atoms with Crippen LogP contribution in [0, 0.1) is 0 Å². The third kappa shape index (κ3) is 6.00. The summed E-state index contributed by atoms with van der Waals surface area (Å²) in [7, 11) is 0. The van der Waals surface area contributed by atoms with Gasteiger partial charge >= 0.3 is 0 Å². The molecule has 1 amide bonds. The molecule has 4 N–H and O–H groups in total. The third-order valence-electron chi connectivity index (χ3n) is 5.25. The first-order valence-electron chi connectivity index (χ1n) is 10.6. The number of carbonyl (C=O) groups is 1. The number of ether oxygens (including phenoxy) is 1. The lowest BCUT2D eigenvalue weighted by atomic mass is 10.2. The fourth-order valence-electron chi connectivity index (χ4n) is 3.69. The van der Waals surface area contributed by atoms with Gasteiger partial charge < -0.3 is 25.7 Å². The van der Waals surface area contributed by atoms with Crippen molar-refractivity contribution in [2.75, 3.05) is 18.4 Å². The molecule has 0 saturated heterocycles. The summed E-state index contributed by atoms with van der Waals surface area (Å²) in [4.78, 5) is 19.7. The normalized spacial score (nSPS) is 10.6. The molecule has 5 aromatic rings. The van der Waals surface area contributed by atoms with Gasteiger partial charge in [0.05, 0.1) is 17.1 Å². The number of fused-ring (bicyclic) bond motifs is 2. The summed E-state index contributed by atoms with van der Waals surface area (Å²) in [6, 6.07) is 15.5. The summed E-state index contributed by atoms with van der Waals surface area (Å²) >= 11 is 8.23. The molecular weight excluding hydrogens is 543 g/mol. The zero-order valence-electron chi connectivity index (χ0n) is 18.8. The zero-order valence-corrected chi connectivity index (χ0v) is 22.0. The maximum atomic E-state index is 10.9. The lowest BCUT2D eigenvalue weighted by Crippen LogP contribution is -2.30. The Labute approximate surface area is 228 Å². The maximum absolute atomic E-state index is 10.9. The summed E-state index contributed by atoms with van der Waals surface area (Å²) in [6.07, 6.45) is 3.45. The lowest BCUT2D eigenvalue weighted by molar-refractivity contribution is -0.117. The van der Waals surface area contributed by atoms with E-state index in [4.69, 9.17) is 22.1 Å². The largest absolute Gasteiger partial charge is 0.455 e. The highest BCUT2D eigenvalue weighted by Crippen LogP contribution is 2.37. The maximum Gasteiger partial charge on any atom is 0.231 e. The standard InChI is InChI=1S/C24H21ClN6O2S.2ClH/c25-17-12-15(4-5-20(17)33-19-2-1-3-21-16(19)7-11-34-21)30-24-23-18(28-14-29-24)6-9-31(23)10-8-27-13-22(26)32;;/h1-7,9,11-12,14,27H,8,10,13H2,(H2,26,32)(H,28,29,30);2*1H. The number of nitrogens with one attached hydrogen (secondary N) is 2. The summed E-state index contributed by atoms with van der Waals surface area (Å²) in [6.45, 7) is 1.34. The quantitative estimate of drug-likeness (QED) is 0.196. The molecule has 0 atom stereocenters. The second kappa shape index (κ2) is 12.2. The van der Waals surface area contributed by atoms with E-state index in [0.29, 0.717) is 29.7 Å². The van der Waals surface area contributed by atoms with E-state index >= 15 is 0 Å². The van der Waals surface area contributed by atoms with Crippen LogP contribution in [0.3, 0.4) is 0 Å². The molecule has 0 bridgehead atoms. The van der Waals surface area contributed by atoms with Crippen LogP contribution in [0.1, 0.15) is 0 Å². The van der Waals surface area contributed by atoms with E-state index in [9.17, 15) is 4.79 Å². The third-order valence-corrected chi connectivity index (χ3v) is 6.43. The molecule has 2 aromatic carbocycles. The molecule has 0 fully saturated rings. The van der Waals surface area contributed by atoms with Gasteiger partial charge in [-0.15, -0.1) is 36.2 Å². The first kappa shape index (κ1) is 27.5. The highest BCUT2D eigenvalue weighted by Gasteiger charge is 2.12. The number of hydrogen-bond donors (Lipinski definition) is 3. The van der Waals surface area contributed by atoms with Crippen molar-refractivity contribution in [1.82, 2.24) is 19.9 Å². The van der Waals surface area contributed by atoms with Crippen molar-refractivity contribution in [1.29, 1.82) is 0 Å². The number of nitrogens with zero attached hydrogens (tertiary/aromatic N) is 3. The monoisotopic (exact) mass is 564 g/mol. The van der Waals surface area contributed by atoms with Crippen molar-refractivity contribution in [2.45, 2.75) is 6.54 Å². The molecule has 36 heavy (non-hydrogen) atoms. The van der Waals surface area contributed by atoms with Crippen LogP contribution in [0.2, 0.25) is 5.02 Å². The van der Waals surface area contributed by atoms with E-state index in [1.165, 1.54) is 6.33 Å². The van der Waals surface area contributed by atoms with Crippen LogP contribution in [-0.2, 0) is 11.3 Å². The van der Waals surface area contributed by atoms with Gasteiger partial charge in [0.25, 0.3) is 0 Å². The second-order valence-corrected chi connectivity index (χ2v) is 8.92. The molecule has 0 radical (unpaired) electrons. The Balaban J connectivity index is 0.00000180. The Kier molecular flexibility index (Phi) is 9.36. The van der Waals surface area contributed by atoms with Crippen LogP contribution in [0.5, 0.6) is 11.5 Å². The number of benzene rings is 2. The Morgan fingerprint density at radius 1 is 1.11 bits per heavy atom. The minimum atomic E-state index is -0.389. The predicted octanol–water partition coefficient (Wildman–Crippen LogP) is 5.75. The van der Waals surface area contributed by atoms with Crippen molar-refractivity contribution in [3.8, 4) is 11.5 Å². The SMILES string of the molecule is Cl.Cl.NC(=O)CNCCn1ccc2ncnc(Nc3ccc(Oc4cccc5sccc45)c(Cl)c3)c21. The minimum absolute atomic E-state index is 0. The number of primary amides is 1. The number of nitrogens with two attached hydrogens (primary N) is 1. The molecule has 8 nitrogen and oxygen atoms in total. The smallest absolute Gasteiger partial charge is 0.231 e. The van der Waals surface area contributed by atoms with Gasteiger partial charge in [-0.2, -0.15) is 0 Å². The number of hydrogen-bond acceptors (Lipinski definition) is 7. The van der Waals surface area contributed by atoms with Crippen molar-refractivity contribution in [3.63, 3.8) is 0 Å². The molecule has 0 aliphatic heterocycles. The highest BCUT2D eigenvalue weighted by molar-refractivity contribution is 7.17. The van der Waals surface area contributed by atoms with E-state index < -0.39 is 0 Å². The minimum Gasteiger partial charge on any atom is -0.455 e. The van der Waals surface area contributed by atoms with Crippen molar-refractivity contribution in [3.05, 3.63) is 71.5 Å². The molecule has 0 saturated carbocycles. The van der Waals surface area contributed by atoms with Gasteiger partial charge in [0.1, 0.15) is 23.3 Å². The van der Waals surface area contributed by atoms with Crippen molar-refractivity contribution >= 4 is 86.3 Å². The molecule has 3 aromatic heterocycles. The average molecular weight is 566 g/mol. The number of carbonyl (C=O) groups excluding carboxylic acids is 1. The topological polar surface area (TPSA) is 107 Å². The van der Waals surface area contributed by atoms with Crippen LogP contribution in [0.4, 0.5) is 11.5 Å². The van der Waals surface area contributed by atoms with E-state index in [2.05, 4.69) is 26.7 Å². The number of anilines is 2. The van der Waals surface area contributed by atoms with Crippen LogP contribution < -0.4 is 21.1 Å². The van der Waals surface area contributed by atoms with Crippen LogP contribution in [-0.4, -0.2) is 33.5 Å². The molecule has 0 spiro atoms. The van der Waals surface area contributed by atoms with Gasteiger partial charge in [0.2, 0.25) is 5.91 Å². The van der Waals surface area contributed by atoms with E-state index in [0.717, 1.165) is 32.6 Å². The van der Waals surface area contributed by atoms with Crippen LogP contribution in [0.25, 0.3) is 21.1 Å². The number of aromatic nitrogens is 3. The highest BCUT2D eigenvalue weighted by atomic mass is 35.5. The van der Waals surface area contributed by atoms with Gasteiger partial charge in [-0.1, -0.05) is 17.7 Å². The molecule has 5 rings (SSSR count). The number of amides is 1. The molecule has 0 aliphatic rings. The van der Waals surface area contributed by atoms with Gasteiger partial charge in [-0.05, 0) is 47.8 Å². The Morgan fingerprint density at radius 2 is 1.97 bits per heavy atom. The summed E-state index contributed by atoms with van der Waals surface area (Å²) in [5.41, 5.74) is 7.61. The van der Waals surface area contributed by atoms with Gasteiger partial charge in [0, 0.05) is 35.1 Å². The number of halogens is 3. The molecular formula is C24H23Cl3N6O2S. The van der Waals surface area contributed by atoms with E-state index in [1.807, 2.05) is 52.5 Å². The summed E-state index contributed by atoms with van der Waals surface area (Å²) in [5.74, 6) is 1.60. The van der Waals surface area contributed by atoms with E-state index in [-0.39, 0.29) is 37.3 Å². The molecule has 12 heteroatoms. The molecule has 0 aliphatic carbocycles. The summed E-state index contributed by atoms with van der Waals surface area (Å²) in [5, 5.41) is 9.92. The molecule has 3 heterocycles. The fourth-order valence-corrected chi connectivity index (χ4v) is 4.72. The Hall–Kier alpha value is -3.08. The van der Waals surface area contributed by atoms with Gasteiger partial charge in [-0.3, -0.25) is 4.79 Å². The second-order valence-electron chi connectivity index (χ2n) is 7.57. The van der Waals surface area contributed by atoms with Crippen LogP contribution in [0.15, 0.2) is 66.4 Å². The van der Waals surface area contributed by atoms with Crippen molar-refractivity contribution < 1.29 is 9.53 Å². The lowest BCUT2D eigenvalue weighted by Gasteiger charge is -2.13. The number of rotatable bonds is 9. The average Bonchev–Trinajstić information content (AvgIpc) is 3.47. The van der Waals surface area contributed by atoms with Gasteiger partial charge in [-0.25, -0.2) is 9.97 Å². The molecule has 0 unspecified atom stereocenters. The number of thiophene rings is 1. The zero-order chi connectivity index (χ0) is 23.5. The van der Waals surface area contributed by atoms with Gasteiger partial charge in [0.15, 0.2) is 5.82 Å². The Bertz CT molecular complexity index is 1490. The predicted molar refractivity (Wildman–Crippen MR) is 151 cm³/mol. The first-order chi connectivity index (χ1) is 16.6. The first-order valence-corrected chi connectivity index (χ1v) is 11.8. The fraction of sp³-hybridized carbons (Fsp3) is 0.125. The molecule has 188 valence electrons. The summed E-state index contributed by atoms with van der Waals surface area (Å²) < 4.78 is 9.29. The van der Waals surface area contributed by atoms with Crippen molar-refractivity contribution in [2.24, 2.45) is 5.73 Å². The Morgan fingerprint density at radius 3 is 2.78 bits per heavy atom. The van der Waals surface area contributed by atoms with Crippen LogP contribution >= 0.6 is 47.8 Å².